The molecule has 3 aromatic carbocycles. The van der Waals surface area contributed by atoms with Crippen LogP contribution in [0.4, 0.5) is 11.4 Å². The minimum absolute atomic E-state index is 0. The molecule has 2 unspecified atom stereocenters. The number of anilines is 2. The maximum Gasteiger partial charge on any atom is 0.259 e. The van der Waals surface area contributed by atoms with Crippen molar-refractivity contribution in [1.82, 2.24) is 0 Å². The zero-order valence-electron chi connectivity index (χ0n) is 20.0. The molecule has 5 nitrogen and oxygen atoms in total. The quantitative estimate of drug-likeness (QED) is 0.324. The zero-order chi connectivity index (χ0) is 24.6. The minimum atomic E-state index is -0.559. The van der Waals surface area contributed by atoms with E-state index in [9.17, 15) is 9.59 Å². The summed E-state index contributed by atoms with van der Waals surface area (Å²) in [6.45, 7) is 2.00. The first kappa shape index (κ1) is 24.3. The third kappa shape index (κ3) is 4.38. The SMILES string of the molecule is C.Cc1ccc(C(=O)N2c3ccccc3NC3=C(C(=O)CC(c4ccco4)C3)C2c2ccccc2)cc1. The molecule has 6 rings (SSSR count). The van der Waals surface area contributed by atoms with Crippen molar-refractivity contribution < 1.29 is 14.0 Å². The molecular weight excluding hydrogens is 460 g/mol. The lowest BCUT2D eigenvalue weighted by Gasteiger charge is -2.35. The molecule has 37 heavy (non-hydrogen) atoms. The number of allylic oxidation sites excluding steroid dienone is 1. The Hall–Kier alpha value is -4.38. The third-order valence-electron chi connectivity index (χ3n) is 7.07. The molecule has 0 radical (unpaired) electrons. The van der Waals surface area contributed by atoms with Crippen LogP contribution in [0.15, 0.2) is 113 Å². The Kier molecular flexibility index (Phi) is 6.53. The van der Waals surface area contributed by atoms with Crippen LogP contribution in [-0.4, -0.2) is 11.7 Å². The number of hydrogen-bond acceptors (Lipinski definition) is 4. The fourth-order valence-electron chi connectivity index (χ4n) is 5.32. The lowest BCUT2D eigenvalue weighted by molar-refractivity contribution is -0.116. The molecule has 186 valence electrons. The molecule has 1 amide bonds. The number of ketones is 1. The molecule has 5 heteroatoms. The molecule has 2 atom stereocenters. The van der Waals surface area contributed by atoms with Gasteiger partial charge in [-0.15, -0.1) is 0 Å². The summed E-state index contributed by atoms with van der Waals surface area (Å²) < 4.78 is 5.67. The number of Topliss-reactive ketones (excluding diaryl/α,β-unsaturated/α-hetero) is 1. The number of rotatable bonds is 3. The third-order valence-corrected chi connectivity index (χ3v) is 7.07. The molecule has 0 saturated carbocycles. The number of hydrogen-bond donors (Lipinski definition) is 1. The average molecular weight is 491 g/mol. The van der Waals surface area contributed by atoms with Gasteiger partial charge in [0.1, 0.15) is 5.76 Å². The zero-order valence-corrected chi connectivity index (χ0v) is 20.0. The van der Waals surface area contributed by atoms with E-state index < -0.39 is 6.04 Å². The van der Waals surface area contributed by atoms with Crippen LogP contribution in [0, 0.1) is 6.92 Å². The molecule has 1 N–H and O–H groups in total. The van der Waals surface area contributed by atoms with Crippen molar-refractivity contribution in [2.24, 2.45) is 0 Å². The number of nitrogens with zero attached hydrogens (tertiary/aromatic N) is 1. The van der Waals surface area contributed by atoms with E-state index in [2.05, 4.69) is 5.32 Å². The van der Waals surface area contributed by atoms with Crippen molar-refractivity contribution in [1.29, 1.82) is 0 Å². The summed E-state index contributed by atoms with van der Waals surface area (Å²) in [5.41, 5.74) is 5.59. The minimum Gasteiger partial charge on any atom is -0.469 e. The number of amides is 1. The first-order valence-electron chi connectivity index (χ1n) is 12.2. The maximum absolute atomic E-state index is 14.2. The Morgan fingerprint density at radius 2 is 1.62 bits per heavy atom. The van der Waals surface area contributed by atoms with E-state index >= 15 is 0 Å². The van der Waals surface area contributed by atoms with Crippen molar-refractivity contribution in [3.63, 3.8) is 0 Å². The molecule has 1 aromatic heterocycles. The summed E-state index contributed by atoms with van der Waals surface area (Å²) >= 11 is 0. The average Bonchev–Trinajstić information content (AvgIpc) is 3.39. The summed E-state index contributed by atoms with van der Waals surface area (Å²) in [4.78, 5) is 29.9. The number of benzene rings is 3. The molecule has 1 aliphatic heterocycles. The Bertz CT molecular complexity index is 1450. The van der Waals surface area contributed by atoms with Gasteiger partial charge in [0.2, 0.25) is 0 Å². The number of fused-ring (bicyclic) bond motifs is 1. The number of carbonyl (C=O) groups excluding carboxylic acids is 2. The van der Waals surface area contributed by atoms with Gasteiger partial charge in [-0.2, -0.15) is 0 Å². The molecule has 4 aromatic rings. The van der Waals surface area contributed by atoms with Gasteiger partial charge in [-0.25, -0.2) is 0 Å². The van der Waals surface area contributed by atoms with Crippen molar-refractivity contribution in [2.75, 3.05) is 10.2 Å². The van der Waals surface area contributed by atoms with Crippen LogP contribution in [-0.2, 0) is 4.79 Å². The van der Waals surface area contributed by atoms with Gasteiger partial charge < -0.3 is 9.73 Å². The second-order valence-corrected chi connectivity index (χ2v) is 9.43. The fraction of sp³-hybridized carbons (Fsp3) is 0.188. The van der Waals surface area contributed by atoms with E-state index in [0.717, 1.165) is 34.0 Å². The van der Waals surface area contributed by atoms with Crippen LogP contribution in [0.1, 0.15) is 59.5 Å². The summed E-state index contributed by atoms with van der Waals surface area (Å²) in [5, 5.41) is 3.55. The van der Waals surface area contributed by atoms with Gasteiger partial charge in [0.15, 0.2) is 5.78 Å². The normalized spacial score (nSPS) is 18.7. The summed E-state index contributed by atoms with van der Waals surface area (Å²) in [7, 11) is 0. The Labute approximate surface area is 217 Å². The summed E-state index contributed by atoms with van der Waals surface area (Å²) in [6, 6.07) is 28.4. The standard InChI is InChI=1S/C31H26N2O3.CH4/c1-20-13-15-22(16-14-20)31(35)33-26-11-6-5-10-24(26)32-25-18-23(28-12-7-17-36-28)19-27(34)29(25)30(33)21-8-3-2-4-9-21;/h2-17,23,30,32H,18-19H2,1H3;1H4. The van der Waals surface area contributed by atoms with Crippen LogP contribution in [0.2, 0.25) is 0 Å². The second-order valence-electron chi connectivity index (χ2n) is 9.43. The highest BCUT2D eigenvalue weighted by Gasteiger charge is 2.42. The van der Waals surface area contributed by atoms with Crippen LogP contribution in [0.3, 0.4) is 0 Å². The summed E-state index contributed by atoms with van der Waals surface area (Å²) in [6.07, 6.45) is 2.60. The highest BCUT2D eigenvalue weighted by Crippen LogP contribution is 2.47. The number of para-hydroxylation sites is 2. The van der Waals surface area contributed by atoms with E-state index in [1.807, 2.05) is 97.9 Å². The van der Waals surface area contributed by atoms with Crippen molar-refractivity contribution in [3.05, 3.63) is 131 Å². The van der Waals surface area contributed by atoms with Crippen molar-refractivity contribution in [2.45, 2.75) is 39.2 Å². The van der Waals surface area contributed by atoms with Gasteiger partial charge in [-0.05, 0) is 55.3 Å². The Morgan fingerprint density at radius 3 is 2.35 bits per heavy atom. The van der Waals surface area contributed by atoms with Gasteiger partial charge in [-0.3, -0.25) is 14.5 Å². The van der Waals surface area contributed by atoms with Crippen LogP contribution in [0.5, 0.6) is 0 Å². The predicted octanol–water partition coefficient (Wildman–Crippen LogP) is 7.44. The summed E-state index contributed by atoms with van der Waals surface area (Å²) in [5.74, 6) is 0.626. The fourth-order valence-corrected chi connectivity index (χ4v) is 5.32. The Morgan fingerprint density at radius 1 is 0.892 bits per heavy atom. The highest BCUT2D eigenvalue weighted by molar-refractivity contribution is 6.12. The maximum atomic E-state index is 14.2. The highest BCUT2D eigenvalue weighted by atomic mass is 16.3. The van der Waals surface area contributed by atoms with Gasteiger partial charge in [-0.1, -0.05) is 67.6 Å². The van der Waals surface area contributed by atoms with Gasteiger partial charge in [0, 0.05) is 29.2 Å². The van der Waals surface area contributed by atoms with E-state index in [1.165, 1.54) is 0 Å². The topological polar surface area (TPSA) is 62.6 Å². The van der Waals surface area contributed by atoms with Gasteiger partial charge in [0.05, 0.1) is 23.7 Å². The van der Waals surface area contributed by atoms with E-state index in [0.29, 0.717) is 24.0 Å². The molecule has 2 heterocycles. The number of furan rings is 1. The van der Waals surface area contributed by atoms with E-state index in [1.54, 1.807) is 11.2 Å². The lowest BCUT2D eigenvalue weighted by Crippen LogP contribution is -2.38. The van der Waals surface area contributed by atoms with E-state index in [-0.39, 0.29) is 25.0 Å². The molecule has 1 aliphatic carbocycles. The molecule has 2 aliphatic rings. The first-order chi connectivity index (χ1) is 17.6. The molecule has 0 fully saturated rings. The van der Waals surface area contributed by atoms with Crippen LogP contribution < -0.4 is 10.2 Å². The Balaban J connectivity index is 0.00000280. The van der Waals surface area contributed by atoms with Gasteiger partial charge in [0.25, 0.3) is 5.91 Å². The largest absolute Gasteiger partial charge is 0.469 e. The number of nitrogens with one attached hydrogen (secondary N) is 1. The van der Waals surface area contributed by atoms with Crippen molar-refractivity contribution >= 4 is 23.1 Å². The van der Waals surface area contributed by atoms with E-state index in [4.69, 9.17) is 4.42 Å². The molecular formula is C32H30N2O3. The number of carbonyl (C=O) groups is 2. The van der Waals surface area contributed by atoms with Crippen LogP contribution in [0.25, 0.3) is 0 Å². The van der Waals surface area contributed by atoms with Crippen molar-refractivity contribution in [3.8, 4) is 0 Å². The molecule has 0 bridgehead atoms. The molecule has 0 spiro atoms. The second kappa shape index (κ2) is 9.94. The first-order valence-corrected chi connectivity index (χ1v) is 12.2. The van der Waals surface area contributed by atoms with Gasteiger partial charge >= 0.3 is 0 Å². The number of aryl methyl sites for hydroxylation is 1. The monoisotopic (exact) mass is 490 g/mol. The van der Waals surface area contributed by atoms with Crippen LogP contribution >= 0.6 is 0 Å². The molecule has 0 saturated heterocycles. The smallest absolute Gasteiger partial charge is 0.259 e. The predicted molar refractivity (Wildman–Crippen MR) is 147 cm³/mol. The lowest BCUT2D eigenvalue weighted by atomic mass is 9.80.